The van der Waals surface area contributed by atoms with Crippen LogP contribution in [0.4, 0.5) is 0 Å². The Morgan fingerprint density at radius 2 is 2.21 bits per heavy atom. The second-order valence-electron chi connectivity index (χ2n) is 4.19. The molecule has 1 aromatic carbocycles. The summed E-state index contributed by atoms with van der Waals surface area (Å²) >= 11 is 5.96. The quantitative estimate of drug-likeness (QED) is 0.938. The number of halogens is 1. The SMILES string of the molecule is CN(Cc1cccc(O)c1)C(=O)c1cnccc1Cl. The molecule has 1 aromatic heterocycles. The van der Waals surface area contributed by atoms with Gasteiger partial charge in [0.2, 0.25) is 0 Å². The van der Waals surface area contributed by atoms with Crippen LogP contribution in [0.3, 0.4) is 0 Å². The summed E-state index contributed by atoms with van der Waals surface area (Å²) in [5, 5.41) is 9.77. The molecular weight excluding hydrogens is 264 g/mol. The maximum absolute atomic E-state index is 12.2. The third-order valence-corrected chi connectivity index (χ3v) is 3.00. The van der Waals surface area contributed by atoms with E-state index in [1.807, 2.05) is 6.07 Å². The molecule has 0 radical (unpaired) electrons. The first-order valence-electron chi connectivity index (χ1n) is 5.71. The highest BCUT2D eigenvalue weighted by Gasteiger charge is 2.15. The largest absolute Gasteiger partial charge is 0.508 e. The number of benzene rings is 1. The summed E-state index contributed by atoms with van der Waals surface area (Å²) in [5.41, 5.74) is 1.21. The molecule has 0 bridgehead atoms. The van der Waals surface area contributed by atoms with Gasteiger partial charge in [0.1, 0.15) is 5.75 Å². The van der Waals surface area contributed by atoms with Gasteiger partial charge in [-0.25, -0.2) is 0 Å². The Morgan fingerprint density at radius 1 is 1.42 bits per heavy atom. The lowest BCUT2D eigenvalue weighted by Crippen LogP contribution is -2.26. The second-order valence-corrected chi connectivity index (χ2v) is 4.59. The van der Waals surface area contributed by atoms with E-state index < -0.39 is 0 Å². The van der Waals surface area contributed by atoms with Crippen molar-refractivity contribution in [2.75, 3.05) is 7.05 Å². The smallest absolute Gasteiger partial charge is 0.256 e. The number of nitrogens with zero attached hydrogens (tertiary/aromatic N) is 2. The van der Waals surface area contributed by atoms with Crippen LogP contribution in [0, 0.1) is 0 Å². The Morgan fingerprint density at radius 3 is 2.89 bits per heavy atom. The molecule has 0 aliphatic rings. The fraction of sp³-hybridized carbons (Fsp3) is 0.143. The van der Waals surface area contributed by atoms with E-state index in [4.69, 9.17) is 11.6 Å². The molecule has 0 spiro atoms. The van der Waals surface area contributed by atoms with Gasteiger partial charge in [-0.15, -0.1) is 0 Å². The van der Waals surface area contributed by atoms with Gasteiger partial charge in [-0.3, -0.25) is 9.78 Å². The predicted octanol–water partition coefficient (Wildman–Crippen LogP) is 2.71. The predicted molar refractivity (Wildman–Crippen MR) is 73.2 cm³/mol. The molecular formula is C14H13ClN2O2. The first-order chi connectivity index (χ1) is 9.08. The number of aromatic nitrogens is 1. The highest BCUT2D eigenvalue weighted by molar-refractivity contribution is 6.33. The lowest BCUT2D eigenvalue weighted by atomic mass is 10.2. The number of phenols is 1. The fourth-order valence-corrected chi connectivity index (χ4v) is 1.93. The summed E-state index contributed by atoms with van der Waals surface area (Å²) in [5.74, 6) is -0.0285. The lowest BCUT2D eigenvalue weighted by Gasteiger charge is -2.17. The monoisotopic (exact) mass is 276 g/mol. The normalized spacial score (nSPS) is 10.2. The highest BCUT2D eigenvalue weighted by Crippen LogP contribution is 2.17. The molecule has 4 nitrogen and oxygen atoms in total. The number of hydrogen-bond donors (Lipinski definition) is 1. The average Bonchev–Trinajstić information content (AvgIpc) is 2.38. The summed E-state index contributed by atoms with van der Waals surface area (Å²) in [4.78, 5) is 17.6. The fourth-order valence-electron chi connectivity index (χ4n) is 1.74. The molecule has 5 heteroatoms. The molecule has 0 unspecified atom stereocenters. The van der Waals surface area contributed by atoms with E-state index in [1.165, 1.54) is 17.3 Å². The summed E-state index contributed by atoms with van der Waals surface area (Å²) in [7, 11) is 1.68. The van der Waals surface area contributed by atoms with Crippen molar-refractivity contribution in [1.82, 2.24) is 9.88 Å². The number of hydrogen-bond acceptors (Lipinski definition) is 3. The van der Waals surface area contributed by atoms with Crippen molar-refractivity contribution in [3.05, 3.63) is 58.9 Å². The Labute approximate surface area is 116 Å². The van der Waals surface area contributed by atoms with E-state index in [2.05, 4.69) is 4.98 Å². The minimum atomic E-state index is -0.207. The van der Waals surface area contributed by atoms with Gasteiger partial charge < -0.3 is 10.0 Å². The molecule has 0 atom stereocenters. The van der Waals surface area contributed by atoms with Crippen LogP contribution in [0.1, 0.15) is 15.9 Å². The van der Waals surface area contributed by atoms with Crippen molar-refractivity contribution in [2.45, 2.75) is 6.54 Å². The number of pyridine rings is 1. The van der Waals surface area contributed by atoms with E-state index in [0.29, 0.717) is 17.1 Å². The number of rotatable bonds is 3. The van der Waals surface area contributed by atoms with Crippen molar-refractivity contribution >= 4 is 17.5 Å². The maximum atomic E-state index is 12.2. The number of aromatic hydroxyl groups is 1. The van der Waals surface area contributed by atoms with Gasteiger partial charge in [0.05, 0.1) is 10.6 Å². The van der Waals surface area contributed by atoms with Crippen molar-refractivity contribution in [1.29, 1.82) is 0 Å². The van der Waals surface area contributed by atoms with Crippen molar-refractivity contribution in [3.8, 4) is 5.75 Å². The van der Waals surface area contributed by atoms with Crippen LogP contribution in [0.5, 0.6) is 5.75 Å². The van der Waals surface area contributed by atoms with Gasteiger partial charge in [-0.05, 0) is 23.8 Å². The molecule has 2 aromatic rings. The molecule has 0 aliphatic carbocycles. The van der Waals surface area contributed by atoms with E-state index >= 15 is 0 Å². The summed E-state index contributed by atoms with van der Waals surface area (Å²) in [6.07, 6.45) is 2.98. The van der Waals surface area contributed by atoms with Crippen LogP contribution in [0.2, 0.25) is 5.02 Å². The van der Waals surface area contributed by atoms with Gasteiger partial charge in [-0.2, -0.15) is 0 Å². The van der Waals surface area contributed by atoms with Crippen LogP contribution in [-0.4, -0.2) is 27.9 Å². The Bertz CT molecular complexity index is 602. The van der Waals surface area contributed by atoms with Crippen molar-refractivity contribution in [2.24, 2.45) is 0 Å². The third kappa shape index (κ3) is 3.23. The van der Waals surface area contributed by atoms with Crippen LogP contribution in [0.25, 0.3) is 0 Å². The van der Waals surface area contributed by atoms with Gasteiger partial charge in [0.25, 0.3) is 5.91 Å². The summed E-state index contributed by atoms with van der Waals surface area (Å²) in [6.45, 7) is 0.387. The van der Waals surface area contributed by atoms with Crippen LogP contribution in [-0.2, 0) is 6.54 Å². The van der Waals surface area contributed by atoms with Gasteiger partial charge in [0.15, 0.2) is 0 Å². The van der Waals surface area contributed by atoms with Crippen LogP contribution >= 0.6 is 11.6 Å². The van der Waals surface area contributed by atoms with E-state index in [0.717, 1.165) is 5.56 Å². The molecule has 0 saturated heterocycles. The zero-order chi connectivity index (χ0) is 13.8. The lowest BCUT2D eigenvalue weighted by molar-refractivity contribution is 0.0784. The molecule has 2 rings (SSSR count). The first-order valence-corrected chi connectivity index (χ1v) is 6.08. The topological polar surface area (TPSA) is 53.4 Å². The molecule has 0 fully saturated rings. The Balaban J connectivity index is 2.14. The molecule has 1 heterocycles. The van der Waals surface area contributed by atoms with Gasteiger partial charge >= 0.3 is 0 Å². The molecule has 1 amide bonds. The van der Waals surface area contributed by atoms with E-state index in [9.17, 15) is 9.90 Å². The Hall–Kier alpha value is -2.07. The molecule has 19 heavy (non-hydrogen) atoms. The zero-order valence-electron chi connectivity index (χ0n) is 10.4. The number of phenolic OH excluding ortho intramolecular Hbond substituents is 1. The minimum Gasteiger partial charge on any atom is -0.508 e. The minimum absolute atomic E-state index is 0.178. The molecule has 0 aliphatic heterocycles. The highest BCUT2D eigenvalue weighted by atomic mass is 35.5. The standard InChI is InChI=1S/C14H13ClN2O2/c1-17(9-10-3-2-4-11(18)7-10)14(19)12-8-16-6-5-13(12)15/h2-8,18H,9H2,1H3. The summed E-state index contributed by atoms with van der Waals surface area (Å²) in [6, 6.07) is 8.36. The van der Waals surface area contributed by atoms with Crippen molar-refractivity contribution < 1.29 is 9.90 Å². The maximum Gasteiger partial charge on any atom is 0.256 e. The van der Waals surface area contributed by atoms with Gasteiger partial charge in [-0.1, -0.05) is 23.7 Å². The average molecular weight is 277 g/mol. The van der Waals surface area contributed by atoms with Crippen LogP contribution in [0.15, 0.2) is 42.7 Å². The van der Waals surface area contributed by atoms with E-state index in [-0.39, 0.29) is 11.7 Å². The second kappa shape index (κ2) is 5.71. The Kier molecular flexibility index (Phi) is 4.02. The number of carbonyl (C=O) groups is 1. The molecule has 0 saturated carbocycles. The molecule has 1 N–H and O–H groups in total. The van der Waals surface area contributed by atoms with Crippen LogP contribution < -0.4 is 0 Å². The van der Waals surface area contributed by atoms with Crippen molar-refractivity contribution in [3.63, 3.8) is 0 Å². The first kappa shape index (κ1) is 13.4. The molecule has 98 valence electrons. The van der Waals surface area contributed by atoms with E-state index in [1.54, 1.807) is 31.3 Å². The summed E-state index contributed by atoms with van der Waals surface area (Å²) < 4.78 is 0. The number of amides is 1. The third-order valence-electron chi connectivity index (χ3n) is 2.68. The zero-order valence-corrected chi connectivity index (χ0v) is 11.1. The number of carbonyl (C=O) groups excluding carboxylic acids is 1. The van der Waals surface area contributed by atoms with Gasteiger partial charge in [0, 0.05) is 26.0 Å².